The Morgan fingerprint density at radius 2 is 2.17 bits per heavy atom. The molecule has 0 saturated carbocycles. The molecule has 0 fully saturated rings. The van der Waals surface area contributed by atoms with E-state index in [1.54, 1.807) is 0 Å². The summed E-state index contributed by atoms with van der Waals surface area (Å²) in [6, 6.07) is 7.53. The van der Waals surface area contributed by atoms with E-state index in [1.807, 2.05) is 31.3 Å². The third kappa shape index (κ3) is 1.97. The number of carbonyl (C=O) groups excluding carboxylic acids is 1. The van der Waals surface area contributed by atoms with Gasteiger partial charge in [0.05, 0.1) is 4.43 Å². The highest BCUT2D eigenvalue weighted by molar-refractivity contribution is 14.1. The lowest BCUT2D eigenvalue weighted by Gasteiger charge is -2.05. The Morgan fingerprint density at radius 3 is 2.75 bits per heavy atom. The Labute approximate surface area is 85.5 Å². The zero-order valence-electron chi connectivity index (χ0n) is 6.80. The fourth-order valence-corrected chi connectivity index (χ4v) is 1.43. The number of Topliss-reactive ketones (excluding diaryl/α,β-unsaturated/α-hetero) is 1. The minimum absolute atomic E-state index is 0.167. The Balaban J connectivity index is 3.04. The highest BCUT2D eigenvalue weighted by atomic mass is 127. The van der Waals surface area contributed by atoms with Crippen LogP contribution in [0, 0.1) is 0 Å². The van der Waals surface area contributed by atoms with Crippen LogP contribution in [-0.2, 0) is 0 Å². The first kappa shape index (κ1) is 9.51. The van der Waals surface area contributed by atoms with Crippen LogP contribution < -0.4 is 5.32 Å². The molecule has 0 radical (unpaired) electrons. The van der Waals surface area contributed by atoms with Gasteiger partial charge in [-0.1, -0.05) is 34.7 Å². The summed E-state index contributed by atoms with van der Waals surface area (Å²) in [5, 5.41) is 2.99. The smallest absolute Gasteiger partial charge is 0.174 e. The van der Waals surface area contributed by atoms with E-state index in [0.717, 1.165) is 11.3 Å². The standard InChI is InChI=1S/C9H10INO/c1-11-8-5-3-2-4-7(8)9(12)6-10/h2-5,11H,6H2,1H3. The number of ketones is 1. The third-order valence-corrected chi connectivity index (χ3v) is 2.31. The first-order valence-electron chi connectivity index (χ1n) is 3.65. The molecule has 3 heteroatoms. The summed E-state index contributed by atoms with van der Waals surface area (Å²) in [5.74, 6) is 0.167. The highest BCUT2D eigenvalue weighted by Crippen LogP contribution is 2.15. The van der Waals surface area contributed by atoms with Gasteiger partial charge in [0.2, 0.25) is 0 Å². The summed E-state index contributed by atoms with van der Waals surface area (Å²) in [5.41, 5.74) is 1.67. The van der Waals surface area contributed by atoms with Crippen LogP contribution in [0.4, 0.5) is 5.69 Å². The lowest BCUT2D eigenvalue weighted by molar-refractivity contribution is 0.102. The lowest BCUT2D eigenvalue weighted by Crippen LogP contribution is -2.04. The third-order valence-electron chi connectivity index (χ3n) is 1.62. The van der Waals surface area contributed by atoms with Crippen molar-refractivity contribution >= 4 is 34.1 Å². The van der Waals surface area contributed by atoms with E-state index in [9.17, 15) is 4.79 Å². The Kier molecular flexibility index (Phi) is 3.52. The first-order valence-corrected chi connectivity index (χ1v) is 5.18. The molecular formula is C9H10INO. The van der Waals surface area contributed by atoms with Crippen molar-refractivity contribution in [2.45, 2.75) is 0 Å². The van der Waals surface area contributed by atoms with Crippen molar-refractivity contribution in [1.82, 2.24) is 0 Å². The molecule has 0 saturated heterocycles. The van der Waals surface area contributed by atoms with Gasteiger partial charge in [-0.3, -0.25) is 4.79 Å². The molecule has 64 valence electrons. The zero-order chi connectivity index (χ0) is 8.97. The van der Waals surface area contributed by atoms with Crippen LogP contribution in [0.3, 0.4) is 0 Å². The molecule has 1 aromatic rings. The first-order chi connectivity index (χ1) is 5.79. The molecule has 0 aromatic heterocycles. The van der Waals surface area contributed by atoms with Gasteiger partial charge < -0.3 is 5.32 Å². The lowest BCUT2D eigenvalue weighted by atomic mass is 10.1. The van der Waals surface area contributed by atoms with Crippen molar-refractivity contribution in [3.05, 3.63) is 29.8 Å². The van der Waals surface area contributed by atoms with E-state index in [1.165, 1.54) is 0 Å². The van der Waals surface area contributed by atoms with Crippen molar-refractivity contribution in [3.63, 3.8) is 0 Å². The van der Waals surface area contributed by atoms with Crippen LogP contribution in [0.15, 0.2) is 24.3 Å². The van der Waals surface area contributed by atoms with E-state index >= 15 is 0 Å². The summed E-state index contributed by atoms with van der Waals surface area (Å²) in [4.78, 5) is 11.3. The molecule has 0 aliphatic carbocycles. The van der Waals surface area contributed by atoms with Crippen LogP contribution in [0.5, 0.6) is 0 Å². The average Bonchev–Trinajstić information content (AvgIpc) is 2.16. The minimum Gasteiger partial charge on any atom is -0.388 e. The van der Waals surface area contributed by atoms with Gasteiger partial charge in [-0.2, -0.15) is 0 Å². The number of benzene rings is 1. The van der Waals surface area contributed by atoms with Gasteiger partial charge in [0.15, 0.2) is 5.78 Å². The highest BCUT2D eigenvalue weighted by Gasteiger charge is 2.06. The van der Waals surface area contributed by atoms with Crippen molar-refractivity contribution in [3.8, 4) is 0 Å². The number of nitrogens with one attached hydrogen (secondary N) is 1. The Hall–Kier alpha value is -0.580. The second kappa shape index (κ2) is 4.45. The maximum Gasteiger partial charge on any atom is 0.174 e. The summed E-state index contributed by atoms with van der Waals surface area (Å²) < 4.78 is 0.524. The van der Waals surface area contributed by atoms with E-state index in [2.05, 4.69) is 27.9 Å². The molecule has 1 N–H and O–H groups in total. The number of carbonyl (C=O) groups is 1. The zero-order valence-corrected chi connectivity index (χ0v) is 8.96. The summed E-state index contributed by atoms with van der Waals surface area (Å²) >= 11 is 2.07. The normalized spacial score (nSPS) is 9.50. The van der Waals surface area contributed by atoms with E-state index in [0.29, 0.717) is 4.43 Å². The maximum absolute atomic E-state index is 11.3. The van der Waals surface area contributed by atoms with Crippen molar-refractivity contribution in [2.75, 3.05) is 16.8 Å². The van der Waals surface area contributed by atoms with Gasteiger partial charge in [0, 0.05) is 18.3 Å². The van der Waals surface area contributed by atoms with Crippen LogP contribution in [-0.4, -0.2) is 17.3 Å². The average molecular weight is 275 g/mol. The van der Waals surface area contributed by atoms with Crippen LogP contribution in [0.25, 0.3) is 0 Å². The summed E-state index contributed by atoms with van der Waals surface area (Å²) in [7, 11) is 1.82. The predicted octanol–water partition coefficient (Wildman–Crippen LogP) is 2.35. The number of halogens is 1. The summed E-state index contributed by atoms with van der Waals surface area (Å²) in [6.07, 6.45) is 0. The molecule has 1 rings (SSSR count). The molecular weight excluding hydrogens is 265 g/mol. The van der Waals surface area contributed by atoms with Crippen molar-refractivity contribution in [2.24, 2.45) is 0 Å². The molecule has 0 heterocycles. The molecule has 0 spiro atoms. The summed E-state index contributed by atoms with van der Waals surface area (Å²) in [6.45, 7) is 0. The number of rotatable bonds is 3. The SMILES string of the molecule is CNc1ccccc1C(=O)CI. The molecule has 0 atom stereocenters. The Morgan fingerprint density at radius 1 is 1.50 bits per heavy atom. The maximum atomic E-state index is 11.3. The second-order valence-corrected chi connectivity index (χ2v) is 3.12. The van der Waals surface area contributed by atoms with Gasteiger partial charge in [0.25, 0.3) is 0 Å². The number of para-hydroxylation sites is 1. The minimum atomic E-state index is 0.167. The molecule has 0 unspecified atom stereocenters. The number of anilines is 1. The van der Waals surface area contributed by atoms with Crippen molar-refractivity contribution in [1.29, 1.82) is 0 Å². The fourth-order valence-electron chi connectivity index (χ4n) is 1.02. The molecule has 1 aromatic carbocycles. The van der Waals surface area contributed by atoms with E-state index < -0.39 is 0 Å². The largest absolute Gasteiger partial charge is 0.388 e. The molecule has 0 aliphatic rings. The van der Waals surface area contributed by atoms with Crippen LogP contribution in [0.1, 0.15) is 10.4 Å². The van der Waals surface area contributed by atoms with Crippen LogP contribution >= 0.6 is 22.6 Å². The fraction of sp³-hybridized carbons (Fsp3) is 0.222. The molecule has 12 heavy (non-hydrogen) atoms. The van der Waals surface area contributed by atoms with Crippen molar-refractivity contribution < 1.29 is 4.79 Å². The Bertz CT molecular complexity index is 286. The molecule has 0 bridgehead atoms. The van der Waals surface area contributed by atoms with E-state index in [-0.39, 0.29) is 5.78 Å². The van der Waals surface area contributed by atoms with Gasteiger partial charge in [0.1, 0.15) is 0 Å². The quantitative estimate of drug-likeness (QED) is 0.521. The monoisotopic (exact) mass is 275 g/mol. The topological polar surface area (TPSA) is 29.1 Å². The van der Waals surface area contributed by atoms with Gasteiger partial charge in [-0.15, -0.1) is 0 Å². The molecule has 0 aliphatic heterocycles. The van der Waals surface area contributed by atoms with Gasteiger partial charge in [-0.25, -0.2) is 0 Å². The second-order valence-electron chi connectivity index (χ2n) is 2.35. The predicted molar refractivity (Wildman–Crippen MR) is 59.2 cm³/mol. The molecule has 2 nitrogen and oxygen atoms in total. The molecule has 0 amide bonds. The van der Waals surface area contributed by atoms with Crippen LogP contribution in [0.2, 0.25) is 0 Å². The van der Waals surface area contributed by atoms with Gasteiger partial charge >= 0.3 is 0 Å². The number of alkyl halides is 1. The number of hydrogen-bond donors (Lipinski definition) is 1. The van der Waals surface area contributed by atoms with E-state index in [4.69, 9.17) is 0 Å². The number of hydrogen-bond acceptors (Lipinski definition) is 2. The van der Waals surface area contributed by atoms with Gasteiger partial charge in [-0.05, 0) is 12.1 Å².